The van der Waals surface area contributed by atoms with Crippen LogP contribution in [0.1, 0.15) is 30.3 Å². The Labute approximate surface area is 147 Å². The van der Waals surface area contributed by atoms with Crippen molar-refractivity contribution in [2.45, 2.75) is 30.1 Å². The highest BCUT2D eigenvalue weighted by molar-refractivity contribution is 7.90. The van der Waals surface area contributed by atoms with Crippen molar-refractivity contribution in [1.29, 1.82) is 0 Å². The van der Waals surface area contributed by atoms with Crippen molar-refractivity contribution in [3.05, 3.63) is 24.0 Å². The van der Waals surface area contributed by atoms with Gasteiger partial charge in [0, 0.05) is 38.7 Å². The van der Waals surface area contributed by atoms with Crippen LogP contribution >= 0.6 is 0 Å². The van der Waals surface area contributed by atoms with Gasteiger partial charge in [0.25, 0.3) is 0 Å². The summed E-state index contributed by atoms with van der Waals surface area (Å²) in [5, 5.41) is 10.5. The van der Waals surface area contributed by atoms with Gasteiger partial charge in [0.2, 0.25) is 5.95 Å². The average molecular weight is 365 g/mol. The van der Waals surface area contributed by atoms with E-state index in [-0.39, 0.29) is 10.8 Å². The second-order valence-electron chi connectivity index (χ2n) is 6.24. The van der Waals surface area contributed by atoms with E-state index in [9.17, 15) is 8.42 Å². The fraction of sp³-hybridized carbons (Fsp3) is 0.600. The topological polar surface area (TPSA) is 115 Å². The SMILES string of the molecule is Cn1ncnc1CCNc1ncc(S(C)(=O)=O)c(C2CCCNC2)n1. The molecule has 0 saturated carbocycles. The molecular formula is C15H23N7O2S. The van der Waals surface area contributed by atoms with E-state index in [1.54, 1.807) is 4.68 Å². The monoisotopic (exact) mass is 365 g/mol. The number of nitrogens with one attached hydrogen (secondary N) is 2. The van der Waals surface area contributed by atoms with E-state index in [0.29, 0.717) is 24.6 Å². The summed E-state index contributed by atoms with van der Waals surface area (Å²) in [4.78, 5) is 13.1. The van der Waals surface area contributed by atoms with Crippen molar-refractivity contribution in [1.82, 2.24) is 30.0 Å². The lowest BCUT2D eigenvalue weighted by molar-refractivity contribution is 0.448. The van der Waals surface area contributed by atoms with Crippen molar-refractivity contribution < 1.29 is 8.42 Å². The highest BCUT2D eigenvalue weighted by Crippen LogP contribution is 2.27. The number of rotatable bonds is 6. The number of hydrogen-bond acceptors (Lipinski definition) is 8. The van der Waals surface area contributed by atoms with Crippen molar-refractivity contribution in [3.8, 4) is 0 Å². The molecule has 2 aromatic rings. The normalized spacial score (nSPS) is 18.2. The van der Waals surface area contributed by atoms with Crippen LogP contribution in [0.25, 0.3) is 0 Å². The zero-order chi connectivity index (χ0) is 17.9. The zero-order valence-corrected chi connectivity index (χ0v) is 15.3. The van der Waals surface area contributed by atoms with Crippen LogP contribution in [0.2, 0.25) is 0 Å². The van der Waals surface area contributed by atoms with Crippen molar-refractivity contribution in [3.63, 3.8) is 0 Å². The molecule has 3 heterocycles. The molecule has 0 bridgehead atoms. The maximum Gasteiger partial charge on any atom is 0.222 e. The molecule has 1 aliphatic rings. The quantitative estimate of drug-likeness (QED) is 0.742. The Morgan fingerprint density at radius 1 is 1.40 bits per heavy atom. The molecule has 1 saturated heterocycles. The fourth-order valence-corrected chi connectivity index (χ4v) is 3.80. The summed E-state index contributed by atoms with van der Waals surface area (Å²) < 4.78 is 25.9. The van der Waals surface area contributed by atoms with E-state index in [1.165, 1.54) is 18.8 Å². The summed E-state index contributed by atoms with van der Waals surface area (Å²) in [7, 11) is -1.52. The third kappa shape index (κ3) is 4.31. The van der Waals surface area contributed by atoms with E-state index in [1.807, 2.05) is 7.05 Å². The number of aryl methyl sites for hydroxylation is 1. The van der Waals surface area contributed by atoms with Crippen LogP contribution in [-0.2, 0) is 23.3 Å². The molecule has 2 aromatic heterocycles. The van der Waals surface area contributed by atoms with Gasteiger partial charge in [-0.3, -0.25) is 4.68 Å². The smallest absolute Gasteiger partial charge is 0.222 e. The van der Waals surface area contributed by atoms with Crippen LogP contribution in [0.15, 0.2) is 17.4 Å². The predicted molar refractivity (Wildman–Crippen MR) is 93.2 cm³/mol. The van der Waals surface area contributed by atoms with Crippen LogP contribution in [0, 0.1) is 0 Å². The molecule has 10 heteroatoms. The Kier molecular flexibility index (Phi) is 5.28. The highest BCUT2D eigenvalue weighted by Gasteiger charge is 2.25. The molecule has 1 aliphatic heterocycles. The molecule has 0 aliphatic carbocycles. The molecule has 136 valence electrons. The molecule has 3 rings (SSSR count). The lowest BCUT2D eigenvalue weighted by Crippen LogP contribution is -2.30. The number of sulfone groups is 1. The Morgan fingerprint density at radius 2 is 2.24 bits per heavy atom. The van der Waals surface area contributed by atoms with Crippen LogP contribution in [-0.4, -0.2) is 59.0 Å². The first kappa shape index (κ1) is 17.7. The molecule has 0 radical (unpaired) electrons. The maximum atomic E-state index is 12.1. The summed E-state index contributed by atoms with van der Waals surface area (Å²) in [6, 6.07) is 0. The lowest BCUT2D eigenvalue weighted by atomic mass is 9.96. The highest BCUT2D eigenvalue weighted by atomic mass is 32.2. The van der Waals surface area contributed by atoms with Crippen molar-refractivity contribution >= 4 is 15.8 Å². The van der Waals surface area contributed by atoms with Gasteiger partial charge in [-0.05, 0) is 19.4 Å². The van der Waals surface area contributed by atoms with E-state index in [2.05, 4.69) is 30.7 Å². The molecule has 25 heavy (non-hydrogen) atoms. The van der Waals surface area contributed by atoms with Gasteiger partial charge in [0.15, 0.2) is 9.84 Å². The molecule has 0 spiro atoms. The minimum atomic E-state index is -3.36. The standard InChI is InChI=1S/C15H23N7O2S/c1-22-13(19-10-20-22)5-7-17-15-18-9-12(25(2,23)24)14(21-15)11-4-3-6-16-8-11/h9-11,16H,3-8H2,1-2H3,(H,17,18,21). The Morgan fingerprint density at radius 3 is 2.88 bits per heavy atom. The minimum Gasteiger partial charge on any atom is -0.354 e. The number of nitrogens with zero attached hydrogens (tertiary/aromatic N) is 5. The van der Waals surface area contributed by atoms with Gasteiger partial charge >= 0.3 is 0 Å². The molecule has 1 atom stereocenters. The minimum absolute atomic E-state index is 0.0840. The van der Waals surface area contributed by atoms with Gasteiger partial charge in [0.05, 0.1) is 11.9 Å². The first-order chi connectivity index (χ1) is 11.9. The van der Waals surface area contributed by atoms with Gasteiger partial charge in [0.1, 0.15) is 17.0 Å². The molecule has 9 nitrogen and oxygen atoms in total. The summed E-state index contributed by atoms with van der Waals surface area (Å²) >= 11 is 0. The summed E-state index contributed by atoms with van der Waals surface area (Å²) in [6.45, 7) is 2.28. The van der Waals surface area contributed by atoms with Crippen molar-refractivity contribution in [2.75, 3.05) is 31.2 Å². The second-order valence-corrected chi connectivity index (χ2v) is 8.22. The molecule has 1 fully saturated rings. The van der Waals surface area contributed by atoms with Gasteiger partial charge in [-0.1, -0.05) is 0 Å². The van der Waals surface area contributed by atoms with Crippen LogP contribution in [0.4, 0.5) is 5.95 Å². The third-order valence-corrected chi connectivity index (χ3v) is 5.42. The van der Waals surface area contributed by atoms with E-state index in [0.717, 1.165) is 31.8 Å². The van der Waals surface area contributed by atoms with Crippen LogP contribution in [0.5, 0.6) is 0 Å². The van der Waals surface area contributed by atoms with Crippen LogP contribution in [0.3, 0.4) is 0 Å². The fourth-order valence-electron chi connectivity index (χ4n) is 2.97. The zero-order valence-electron chi connectivity index (χ0n) is 14.4. The first-order valence-electron chi connectivity index (χ1n) is 8.29. The lowest BCUT2D eigenvalue weighted by Gasteiger charge is -2.24. The summed E-state index contributed by atoms with van der Waals surface area (Å²) in [5.41, 5.74) is 0.603. The summed E-state index contributed by atoms with van der Waals surface area (Å²) in [6.07, 6.45) is 6.73. The molecular weight excluding hydrogens is 342 g/mol. The van der Waals surface area contributed by atoms with E-state index >= 15 is 0 Å². The molecule has 0 aromatic carbocycles. The first-order valence-corrected chi connectivity index (χ1v) is 10.2. The Hall–Kier alpha value is -2.07. The maximum absolute atomic E-state index is 12.1. The van der Waals surface area contributed by atoms with E-state index in [4.69, 9.17) is 0 Å². The third-order valence-electron chi connectivity index (χ3n) is 4.30. The number of piperidine rings is 1. The number of aromatic nitrogens is 5. The van der Waals surface area contributed by atoms with Gasteiger partial charge < -0.3 is 10.6 Å². The molecule has 1 unspecified atom stereocenters. The predicted octanol–water partition coefficient (Wildman–Crippen LogP) is 0.130. The average Bonchev–Trinajstić information content (AvgIpc) is 3.00. The van der Waals surface area contributed by atoms with Gasteiger partial charge in [-0.2, -0.15) is 5.10 Å². The second kappa shape index (κ2) is 7.44. The van der Waals surface area contributed by atoms with Crippen LogP contribution < -0.4 is 10.6 Å². The number of anilines is 1. The molecule has 2 N–H and O–H groups in total. The Balaban J connectivity index is 1.77. The van der Waals surface area contributed by atoms with Crippen molar-refractivity contribution in [2.24, 2.45) is 7.05 Å². The van der Waals surface area contributed by atoms with Gasteiger partial charge in [-0.15, -0.1) is 0 Å². The Bertz CT molecular complexity index is 828. The number of hydrogen-bond donors (Lipinski definition) is 2. The van der Waals surface area contributed by atoms with E-state index < -0.39 is 9.84 Å². The summed E-state index contributed by atoms with van der Waals surface area (Å²) in [5.74, 6) is 1.38. The largest absolute Gasteiger partial charge is 0.354 e. The molecule has 0 amide bonds. The van der Waals surface area contributed by atoms with Gasteiger partial charge in [-0.25, -0.2) is 23.4 Å².